The molecule has 0 unspecified atom stereocenters. The van der Waals surface area contributed by atoms with Crippen molar-refractivity contribution in [2.75, 3.05) is 21.3 Å². The first-order valence-electron chi connectivity index (χ1n) is 10.1. The second-order valence-electron chi connectivity index (χ2n) is 7.11. The summed E-state index contributed by atoms with van der Waals surface area (Å²) in [7, 11) is 5.07. The van der Waals surface area contributed by atoms with Crippen LogP contribution < -0.4 is 14.2 Å². The van der Waals surface area contributed by atoms with Gasteiger partial charge in [0.1, 0.15) is 17.2 Å². The van der Waals surface area contributed by atoms with Gasteiger partial charge in [-0.3, -0.25) is 4.98 Å². The van der Waals surface area contributed by atoms with E-state index >= 15 is 0 Å². The minimum atomic E-state index is 0.642. The number of hydrogen-bond acceptors (Lipinski definition) is 4. The fourth-order valence-corrected chi connectivity index (χ4v) is 3.79. The lowest BCUT2D eigenvalue weighted by Crippen LogP contribution is -2.00. The van der Waals surface area contributed by atoms with Gasteiger partial charge in [0.2, 0.25) is 0 Å². The van der Waals surface area contributed by atoms with Crippen molar-refractivity contribution in [3.63, 3.8) is 0 Å². The van der Waals surface area contributed by atoms with Gasteiger partial charge in [-0.2, -0.15) is 0 Å². The minimum Gasteiger partial charge on any atom is -0.496 e. The topological polar surface area (TPSA) is 40.6 Å². The second-order valence-corrected chi connectivity index (χ2v) is 7.11. The molecule has 0 saturated carbocycles. The first-order chi connectivity index (χ1) is 15.2. The maximum absolute atomic E-state index is 5.66. The zero-order valence-electron chi connectivity index (χ0n) is 18.0. The molecule has 156 valence electrons. The lowest BCUT2D eigenvalue weighted by atomic mass is 9.95. The van der Waals surface area contributed by atoms with E-state index in [2.05, 4.69) is 18.2 Å². The normalized spacial score (nSPS) is 10.5. The summed E-state index contributed by atoms with van der Waals surface area (Å²) in [6.07, 6.45) is 2.55. The van der Waals surface area contributed by atoms with Gasteiger partial charge in [-0.25, -0.2) is 0 Å². The van der Waals surface area contributed by atoms with Gasteiger partial charge in [0.15, 0.2) is 0 Å². The SMILES string of the molecule is COc1ccccc1Cc1ncc(-c2ccccc2OC)cc1-c1ccccc1OC. The Morgan fingerprint density at radius 2 is 1.16 bits per heavy atom. The number of nitrogens with zero attached hydrogens (tertiary/aromatic N) is 1. The molecule has 1 aromatic heterocycles. The third kappa shape index (κ3) is 4.24. The predicted molar refractivity (Wildman–Crippen MR) is 124 cm³/mol. The number of hydrogen-bond donors (Lipinski definition) is 0. The van der Waals surface area contributed by atoms with Crippen LogP contribution in [-0.2, 0) is 6.42 Å². The average Bonchev–Trinajstić information content (AvgIpc) is 2.84. The molecule has 0 aliphatic heterocycles. The van der Waals surface area contributed by atoms with Crippen molar-refractivity contribution in [3.05, 3.63) is 96.3 Å². The molecule has 0 spiro atoms. The van der Waals surface area contributed by atoms with Crippen molar-refractivity contribution < 1.29 is 14.2 Å². The van der Waals surface area contributed by atoms with Crippen LogP contribution in [0.2, 0.25) is 0 Å². The molecule has 4 nitrogen and oxygen atoms in total. The van der Waals surface area contributed by atoms with E-state index < -0.39 is 0 Å². The lowest BCUT2D eigenvalue weighted by molar-refractivity contribution is 0.410. The van der Waals surface area contributed by atoms with Crippen LogP contribution in [0.5, 0.6) is 17.2 Å². The van der Waals surface area contributed by atoms with E-state index in [1.807, 2.05) is 66.9 Å². The van der Waals surface area contributed by atoms with E-state index in [1.54, 1.807) is 21.3 Å². The van der Waals surface area contributed by atoms with E-state index in [4.69, 9.17) is 19.2 Å². The van der Waals surface area contributed by atoms with Gasteiger partial charge in [-0.05, 0) is 24.3 Å². The van der Waals surface area contributed by atoms with E-state index in [0.717, 1.165) is 50.8 Å². The van der Waals surface area contributed by atoms with Gasteiger partial charge in [-0.15, -0.1) is 0 Å². The molecule has 0 N–H and O–H groups in total. The van der Waals surface area contributed by atoms with Gasteiger partial charge in [-0.1, -0.05) is 54.6 Å². The molecule has 0 saturated heterocycles. The summed E-state index contributed by atoms with van der Waals surface area (Å²) in [6.45, 7) is 0. The molecule has 0 bridgehead atoms. The van der Waals surface area contributed by atoms with Gasteiger partial charge in [0, 0.05) is 40.4 Å². The molecule has 4 rings (SSSR count). The molecule has 0 radical (unpaired) electrons. The molecule has 31 heavy (non-hydrogen) atoms. The van der Waals surface area contributed by atoms with Gasteiger partial charge >= 0.3 is 0 Å². The number of aromatic nitrogens is 1. The third-order valence-electron chi connectivity index (χ3n) is 5.34. The molecule has 3 aromatic carbocycles. The fraction of sp³-hybridized carbons (Fsp3) is 0.148. The molecule has 0 aliphatic rings. The first kappa shape index (κ1) is 20.5. The Labute approximate surface area is 183 Å². The molecular formula is C27H25NO3. The second kappa shape index (κ2) is 9.35. The summed E-state index contributed by atoms with van der Waals surface area (Å²) < 4.78 is 16.8. The smallest absolute Gasteiger partial charge is 0.126 e. The Balaban J connectivity index is 1.89. The van der Waals surface area contributed by atoms with E-state index in [9.17, 15) is 0 Å². The van der Waals surface area contributed by atoms with Crippen molar-refractivity contribution in [1.29, 1.82) is 0 Å². The highest BCUT2D eigenvalue weighted by Gasteiger charge is 2.16. The van der Waals surface area contributed by atoms with Crippen molar-refractivity contribution in [1.82, 2.24) is 4.98 Å². The Kier molecular flexibility index (Phi) is 6.18. The third-order valence-corrected chi connectivity index (χ3v) is 5.34. The first-order valence-corrected chi connectivity index (χ1v) is 10.1. The minimum absolute atomic E-state index is 0.642. The zero-order chi connectivity index (χ0) is 21.6. The highest BCUT2D eigenvalue weighted by molar-refractivity contribution is 5.79. The summed E-state index contributed by atoms with van der Waals surface area (Å²) in [5, 5.41) is 0. The molecule has 0 fully saturated rings. The molecule has 0 aliphatic carbocycles. The summed E-state index contributed by atoms with van der Waals surface area (Å²) in [5.41, 5.74) is 6.04. The van der Waals surface area contributed by atoms with Gasteiger partial charge < -0.3 is 14.2 Å². The maximum atomic E-state index is 5.66. The van der Waals surface area contributed by atoms with E-state index in [-0.39, 0.29) is 0 Å². The Morgan fingerprint density at radius 1 is 0.613 bits per heavy atom. The number of methoxy groups -OCH3 is 3. The number of rotatable bonds is 7. The number of para-hydroxylation sites is 3. The van der Waals surface area contributed by atoms with Crippen LogP contribution in [0.25, 0.3) is 22.3 Å². The van der Waals surface area contributed by atoms with Crippen molar-refractivity contribution in [2.24, 2.45) is 0 Å². The summed E-state index contributed by atoms with van der Waals surface area (Å²) >= 11 is 0. The molecule has 4 aromatic rings. The average molecular weight is 412 g/mol. The highest BCUT2D eigenvalue weighted by atomic mass is 16.5. The molecule has 0 atom stereocenters. The van der Waals surface area contributed by atoms with Crippen LogP contribution >= 0.6 is 0 Å². The van der Waals surface area contributed by atoms with Crippen molar-refractivity contribution >= 4 is 0 Å². The summed E-state index contributed by atoms with van der Waals surface area (Å²) in [6, 6.07) is 26.2. The largest absolute Gasteiger partial charge is 0.496 e. The number of ether oxygens (including phenoxy) is 3. The number of benzene rings is 3. The molecular weight excluding hydrogens is 386 g/mol. The zero-order valence-corrected chi connectivity index (χ0v) is 18.0. The van der Waals surface area contributed by atoms with Crippen LogP contribution in [0, 0.1) is 0 Å². The molecule has 1 heterocycles. The van der Waals surface area contributed by atoms with E-state index in [1.165, 1.54) is 0 Å². The van der Waals surface area contributed by atoms with Crippen molar-refractivity contribution in [2.45, 2.75) is 6.42 Å². The van der Waals surface area contributed by atoms with Crippen LogP contribution in [0.1, 0.15) is 11.3 Å². The molecule has 4 heteroatoms. The quantitative estimate of drug-likeness (QED) is 0.372. The van der Waals surface area contributed by atoms with E-state index in [0.29, 0.717) is 6.42 Å². The Bertz CT molecular complexity index is 1190. The monoisotopic (exact) mass is 411 g/mol. The van der Waals surface area contributed by atoms with Crippen molar-refractivity contribution in [3.8, 4) is 39.5 Å². The number of pyridine rings is 1. The van der Waals surface area contributed by atoms with Gasteiger partial charge in [0.25, 0.3) is 0 Å². The van der Waals surface area contributed by atoms with Crippen LogP contribution in [0.4, 0.5) is 0 Å². The summed E-state index contributed by atoms with van der Waals surface area (Å²) in [4.78, 5) is 4.89. The standard InChI is InChI=1S/C27H25NO3/c1-29-25-13-7-4-10-19(25)17-24-23(22-12-6-9-15-27(22)31-3)16-20(18-28-24)21-11-5-8-14-26(21)30-2/h4-16,18H,17H2,1-3H3. The highest BCUT2D eigenvalue weighted by Crippen LogP contribution is 2.37. The van der Waals surface area contributed by atoms with Crippen LogP contribution in [0.3, 0.4) is 0 Å². The maximum Gasteiger partial charge on any atom is 0.126 e. The predicted octanol–water partition coefficient (Wildman–Crippen LogP) is 6.03. The lowest BCUT2D eigenvalue weighted by Gasteiger charge is -2.16. The van der Waals surface area contributed by atoms with Crippen LogP contribution in [0.15, 0.2) is 85.1 Å². The fourth-order valence-electron chi connectivity index (χ4n) is 3.79. The Hall–Kier alpha value is -3.79. The van der Waals surface area contributed by atoms with Crippen LogP contribution in [-0.4, -0.2) is 26.3 Å². The summed E-state index contributed by atoms with van der Waals surface area (Å²) in [5.74, 6) is 2.47. The Morgan fingerprint density at radius 3 is 1.84 bits per heavy atom. The van der Waals surface area contributed by atoms with Gasteiger partial charge in [0.05, 0.1) is 27.0 Å². The molecule has 0 amide bonds.